The predicted molar refractivity (Wildman–Crippen MR) is 218 cm³/mol. The Kier molecular flexibility index (Phi) is 6.39. The minimum Gasteiger partial charge on any atom is -0.309 e. The molecule has 0 bridgehead atoms. The van der Waals surface area contributed by atoms with Crippen LogP contribution in [0, 0.1) is 0 Å². The largest absolute Gasteiger partial charge is 0.309 e. The molecule has 0 saturated heterocycles. The zero-order chi connectivity index (χ0) is 34.2. The standard InChI is InChI=1S/C47H28N4S/c1-3-14-30(15-4-1)45-48-46(31-16-5-2-6-17-31)50-47(49-45)39-28-42-43(36-21-10-9-19-34(36)39)38-26-24-32(27-41(38)52-42)51-40-22-12-11-20-35(40)37-25-23-29-13-7-8-18-33(29)44(37)51/h1-28H. The Morgan fingerprint density at radius 3 is 1.75 bits per heavy atom. The van der Waals surface area contributed by atoms with E-state index in [1.807, 2.05) is 47.7 Å². The van der Waals surface area contributed by atoms with Crippen molar-refractivity contribution in [2.45, 2.75) is 0 Å². The fourth-order valence-corrected chi connectivity index (χ4v) is 9.08. The van der Waals surface area contributed by atoms with Gasteiger partial charge in [-0.3, -0.25) is 0 Å². The van der Waals surface area contributed by atoms with E-state index in [4.69, 9.17) is 15.0 Å². The summed E-state index contributed by atoms with van der Waals surface area (Å²) in [5, 5.41) is 9.86. The third-order valence-electron chi connectivity index (χ3n) is 10.2. The van der Waals surface area contributed by atoms with Crippen molar-refractivity contribution < 1.29 is 0 Å². The smallest absolute Gasteiger partial charge is 0.164 e. The lowest BCUT2D eigenvalue weighted by molar-refractivity contribution is 1.08. The van der Waals surface area contributed by atoms with Crippen LogP contribution in [0.2, 0.25) is 0 Å². The zero-order valence-corrected chi connectivity index (χ0v) is 28.7. The molecule has 5 heteroatoms. The van der Waals surface area contributed by atoms with E-state index < -0.39 is 0 Å². The summed E-state index contributed by atoms with van der Waals surface area (Å²) in [4.78, 5) is 15.2. The number of para-hydroxylation sites is 1. The van der Waals surface area contributed by atoms with Crippen LogP contribution < -0.4 is 0 Å². The van der Waals surface area contributed by atoms with Crippen LogP contribution in [0.3, 0.4) is 0 Å². The number of nitrogens with zero attached hydrogens (tertiary/aromatic N) is 4. The third-order valence-corrected chi connectivity index (χ3v) is 11.3. The van der Waals surface area contributed by atoms with Gasteiger partial charge in [0.2, 0.25) is 0 Å². The van der Waals surface area contributed by atoms with Gasteiger partial charge in [0, 0.05) is 58.7 Å². The quantitative estimate of drug-likeness (QED) is 0.186. The van der Waals surface area contributed by atoms with Crippen molar-refractivity contribution in [3.63, 3.8) is 0 Å². The van der Waals surface area contributed by atoms with Crippen molar-refractivity contribution in [1.29, 1.82) is 0 Å². The first kappa shape index (κ1) is 29.1. The fraction of sp³-hybridized carbons (Fsp3) is 0. The zero-order valence-electron chi connectivity index (χ0n) is 27.9. The second-order valence-corrected chi connectivity index (χ2v) is 14.3. The number of hydrogen-bond donors (Lipinski definition) is 0. The van der Waals surface area contributed by atoms with Crippen LogP contribution in [-0.2, 0) is 0 Å². The Hall–Kier alpha value is -6.69. The lowest BCUT2D eigenvalue weighted by Gasteiger charge is -2.11. The van der Waals surface area contributed by atoms with Crippen LogP contribution in [0.25, 0.3) is 103 Å². The lowest BCUT2D eigenvalue weighted by Crippen LogP contribution is -2.00. The van der Waals surface area contributed by atoms with Crippen molar-refractivity contribution in [3.8, 4) is 39.9 Å². The van der Waals surface area contributed by atoms with Gasteiger partial charge in [0.15, 0.2) is 17.5 Å². The molecule has 0 unspecified atom stereocenters. The minimum absolute atomic E-state index is 0.660. The molecule has 0 N–H and O–H groups in total. The maximum absolute atomic E-state index is 5.12. The van der Waals surface area contributed by atoms with Gasteiger partial charge in [-0.2, -0.15) is 0 Å². The molecule has 11 aromatic rings. The van der Waals surface area contributed by atoms with Gasteiger partial charge in [-0.15, -0.1) is 11.3 Å². The van der Waals surface area contributed by atoms with Crippen LogP contribution in [0.15, 0.2) is 170 Å². The minimum atomic E-state index is 0.660. The number of rotatable bonds is 4. The number of aromatic nitrogens is 4. The number of hydrogen-bond acceptors (Lipinski definition) is 4. The van der Waals surface area contributed by atoms with Crippen LogP contribution in [0.4, 0.5) is 0 Å². The molecule has 0 spiro atoms. The number of fused-ring (bicyclic) bond motifs is 10. The van der Waals surface area contributed by atoms with E-state index in [-0.39, 0.29) is 0 Å². The molecule has 0 amide bonds. The van der Waals surface area contributed by atoms with E-state index >= 15 is 0 Å². The number of benzene rings is 8. The third kappa shape index (κ3) is 4.43. The van der Waals surface area contributed by atoms with Crippen LogP contribution in [0.1, 0.15) is 0 Å². The molecule has 0 aliphatic carbocycles. The summed E-state index contributed by atoms with van der Waals surface area (Å²) >= 11 is 1.83. The molecular formula is C47H28N4S. The summed E-state index contributed by atoms with van der Waals surface area (Å²) in [6.07, 6.45) is 0. The number of thiophene rings is 1. The molecule has 0 fully saturated rings. The average Bonchev–Trinajstić information content (AvgIpc) is 3.77. The van der Waals surface area contributed by atoms with E-state index in [0.29, 0.717) is 17.5 Å². The van der Waals surface area contributed by atoms with E-state index in [1.54, 1.807) is 0 Å². The van der Waals surface area contributed by atoms with Gasteiger partial charge in [0.1, 0.15) is 0 Å². The van der Waals surface area contributed by atoms with Crippen molar-refractivity contribution >= 4 is 74.9 Å². The molecular weight excluding hydrogens is 653 g/mol. The summed E-state index contributed by atoms with van der Waals surface area (Å²) in [5.74, 6) is 1.99. The van der Waals surface area contributed by atoms with Crippen LogP contribution in [0.5, 0.6) is 0 Å². The van der Waals surface area contributed by atoms with Crippen LogP contribution >= 0.6 is 11.3 Å². The molecule has 0 atom stereocenters. The highest BCUT2D eigenvalue weighted by Crippen LogP contribution is 2.44. The maximum atomic E-state index is 5.12. The van der Waals surface area contributed by atoms with E-state index in [2.05, 4.69) is 138 Å². The summed E-state index contributed by atoms with van der Waals surface area (Å²) in [6, 6.07) is 60.2. The SMILES string of the molecule is c1ccc(-c2nc(-c3ccccc3)nc(-c3cc4sc5cc(-n6c7ccccc7c7ccc8ccccc8c76)ccc5c4c4ccccc34)n2)cc1. The second-order valence-electron chi connectivity index (χ2n) is 13.2. The highest BCUT2D eigenvalue weighted by Gasteiger charge is 2.20. The monoisotopic (exact) mass is 680 g/mol. The maximum Gasteiger partial charge on any atom is 0.164 e. The second kappa shape index (κ2) is 11.4. The van der Waals surface area contributed by atoms with Gasteiger partial charge in [0.25, 0.3) is 0 Å². The van der Waals surface area contributed by atoms with Gasteiger partial charge in [-0.25, -0.2) is 15.0 Å². The van der Waals surface area contributed by atoms with Crippen molar-refractivity contribution in [3.05, 3.63) is 170 Å². The molecule has 4 nitrogen and oxygen atoms in total. The topological polar surface area (TPSA) is 43.6 Å². The first-order chi connectivity index (χ1) is 25.8. The van der Waals surface area contributed by atoms with E-state index in [1.165, 1.54) is 58.1 Å². The summed E-state index contributed by atoms with van der Waals surface area (Å²) in [5.41, 5.74) is 6.53. The molecule has 8 aromatic carbocycles. The Balaban J connectivity index is 1.16. The molecule has 242 valence electrons. The Morgan fingerprint density at radius 1 is 0.404 bits per heavy atom. The summed E-state index contributed by atoms with van der Waals surface area (Å²) in [7, 11) is 0. The Morgan fingerprint density at radius 2 is 1.00 bits per heavy atom. The highest BCUT2D eigenvalue weighted by molar-refractivity contribution is 7.26. The molecule has 52 heavy (non-hydrogen) atoms. The van der Waals surface area contributed by atoms with Crippen LogP contribution in [-0.4, -0.2) is 19.5 Å². The Labute approximate surface area is 302 Å². The van der Waals surface area contributed by atoms with E-state index in [0.717, 1.165) is 27.8 Å². The molecule has 0 aliphatic rings. The molecule has 3 heterocycles. The van der Waals surface area contributed by atoms with Gasteiger partial charge in [-0.05, 0) is 40.4 Å². The predicted octanol–water partition coefficient (Wildman–Crippen LogP) is 12.6. The Bertz CT molecular complexity index is 3120. The average molecular weight is 681 g/mol. The van der Waals surface area contributed by atoms with Crippen molar-refractivity contribution in [1.82, 2.24) is 19.5 Å². The van der Waals surface area contributed by atoms with Crippen molar-refractivity contribution in [2.24, 2.45) is 0 Å². The first-order valence-corrected chi connectivity index (χ1v) is 18.3. The van der Waals surface area contributed by atoms with Crippen molar-refractivity contribution in [2.75, 3.05) is 0 Å². The highest BCUT2D eigenvalue weighted by atomic mass is 32.1. The summed E-state index contributed by atoms with van der Waals surface area (Å²) < 4.78 is 4.89. The summed E-state index contributed by atoms with van der Waals surface area (Å²) in [6.45, 7) is 0. The lowest BCUT2D eigenvalue weighted by atomic mass is 9.98. The molecule has 3 aromatic heterocycles. The normalized spacial score (nSPS) is 11.8. The molecule has 0 saturated carbocycles. The van der Waals surface area contributed by atoms with Gasteiger partial charge < -0.3 is 4.57 Å². The molecule has 0 aliphatic heterocycles. The first-order valence-electron chi connectivity index (χ1n) is 17.5. The van der Waals surface area contributed by atoms with Gasteiger partial charge in [0.05, 0.1) is 11.0 Å². The van der Waals surface area contributed by atoms with Gasteiger partial charge in [-0.1, -0.05) is 146 Å². The fourth-order valence-electron chi connectivity index (χ4n) is 7.88. The molecule has 11 rings (SSSR count). The molecule has 0 radical (unpaired) electrons. The van der Waals surface area contributed by atoms with E-state index in [9.17, 15) is 0 Å². The van der Waals surface area contributed by atoms with Gasteiger partial charge >= 0.3 is 0 Å².